The zero-order chi connectivity index (χ0) is 15.1. The topological polar surface area (TPSA) is 69.1 Å². The van der Waals surface area contributed by atoms with E-state index >= 15 is 0 Å². The number of nitrogens with two attached hydrogens (primary N) is 1. The van der Waals surface area contributed by atoms with Gasteiger partial charge >= 0.3 is 12.1 Å². The van der Waals surface area contributed by atoms with Crippen molar-refractivity contribution in [3.05, 3.63) is 34.7 Å². The molecule has 20 heavy (non-hydrogen) atoms. The van der Waals surface area contributed by atoms with E-state index in [1.807, 2.05) is 0 Å². The fraction of sp³-hybridized carbons (Fsp3) is 0.200. The van der Waals surface area contributed by atoms with Crippen LogP contribution in [-0.4, -0.2) is 16.9 Å². The maximum absolute atomic E-state index is 13.3. The van der Waals surface area contributed by atoms with Gasteiger partial charge in [0.25, 0.3) is 0 Å². The highest BCUT2D eigenvalue weighted by Gasteiger charge is 2.62. The Morgan fingerprint density at radius 2 is 1.95 bits per heavy atom. The van der Waals surface area contributed by atoms with Crippen molar-refractivity contribution in [1.82, 2.24) is 4.98 Å². The summed E-state index contributed by atoms with van der Waals surface area (Å²) in [5.41, 5.74) is 3.42. The second kappa shape index (κ2) is 4.54. The second-order valence-corrected chi connectivity index (χ2v) is 4.64. The first-order valence-electron chi connectivity index (χ1n) is 4.94. The van der Waals surface area contributed by atoms with Gasteiger partial charge in [0.05, 0.1) is 6.26 Å². The average Bonchev–Trinajstić information content (AvgIpc) is 2.95. The molecule has 0 aliphatic carbocycles. The van der Waals surface area contributed by atoms with E-state index in [2.05, 4.69) is 9.40 Å². The van der Waals surface area contributed by atoms with Crippen LogP contribution in [-0.2, 0) is 5.92 Å². The molecule has 0 unspecified atom stereocenters. The summed E-state index contributed by atoms with van der Waals surface area (Å²) in [6, 6.07) is 2.42. The average molecular weight is 312 g/mol. The SMILES string of the molecule is Nc1nc(C(F)(F)C(F)(F)F)c(C(=O)c2ccco2)s1. The third-order valence-electron chi connectivity index (χ3n) is 2.25. The van der Waals surface area contributed by atoms with Crippen LogP contribution in [0.1, 0.15) is 21.1 Å². The Labute approximate surface area is 112 Å². The van der Waals surface area contributed by atoms with E-state index in [1.165, 1.54) is 6.07 Å². The zero-order valence-corrected chi connectivity index (χ0v) is 10.2. The first kappa shape index (κ1) is 14.4. The molecule has 0 saturated heterocycles. The predicted molar refractivity (Wildman–Crippen MR) is 58.6 cm³/mol. The molecular weight excluding hydrogens is 307 g/mol. The fourth-order valence-corrected chi connectivity index (χ4v) is 2.17. The summed E-state index contributed by atoms with van der Waals surface area (Å²) in [4.78, 5) is 13.9. The Hall–Kier alpha value is -1.97. The molecule has 2 rings (SSSR count). The molecule has 0 spiro atoms. The number of furan rings is 1. The highest BCUT2D eigenvalue weighted by molar-refractivity contribution is 7.17. The van der Waals surface area contributed by atoms with Gasteiger partial charge in [-0.1, -0.05) is 11.3 Å². The number of nitrogen functional groups attached to an aromatic ring is 1. The standard InChI is InChI=1S/C10H5F5N2O2S/c11-9(12,10(13,14)15)7-6(20-8(16)17-7)5(18)4-2-1-3-19-4/h1-3H,(H2,16,17). The summed E-state index contributed by atoms with van der Waals surface area (Å²) >= 11 is 0.241. The molecule has 10 heteroatoms. The van der Waals surface area contributed by atoms with E-state index in [9.17, 15) is 26.7 Å². The monoisotopic (exact) mass is 312 g/mol. The van der Waals surface area contributed by atoms with E-state index in [-0.39, 0.29) is 17.1 Å². The number of nitrogens with zero attached hydrogens (tertiary/aromatic N) is 1. The number of hydrogen-bond acceptors (Lipinski definition) is 5. The van der Waals surface area contributed by atoms with Gasteiger partial charge < -0.3 is 10.2 Å². The largest absolute Gasteiger partial charge is 0.461 e. The Balaban J connectivity index is 2.55. The van der Waals surface area contributed by atoms with Gasteiger partial charge in [-0.15, -0.1) is 0 Å². The minimum absolute atomic E-state index is 0.241. The van der Waals surface area contributed by atoms with E-state index < -0.39 is 33.6 Å². The van der Waals surface area contributed by atoms with Gasteiger partial charge in [-0.3, -0.25) is 4.79 Å². The van der Waals surface area contributed by atoms with Crippen molar-refractivity contribution >= 4 is 22.3 Å². The van der Waals surface area contributed by atoms with E-state index in [0.29, 0.717) is 0 Å². The minimum atomic E-state index is -5.88. The maximum atomic E-state index is 13.3. The number of halogens is 5. The molecule has 0 amide bonds. The maximum Gasteiger partial charge on any atom is 0.459 e. The molecule has 4 nitrogen and oxygen atoms in total. The zero-order valence-electron chi connectivity index (χ0n) is 9.37. The lowest BCUT2D eigenvalue weighted by molar-refractivity contribution is -0.290. The normalized spacial score (nSPS) is 12.7. The van der Waals surface area contributed by atoms with Gasteiger partial charge in [0.1, 0.15) is 10.6 Å². The molecule has 0 bridgehead atoms. The van der Waals surface area contributed by atoms with Crippen molar-refractivity contribution in [2.75, 3.05) is 5.73 Å². The summed E-state index contributed by atoms with van der Waals surface area (Å²) in [6.07, 6.45) is -4.80. The number of carbonyl (C=O) groups is 1. The highest BCUT2D eigenvalue weighted by atomic mass is 32.1. The van der Waals surface area contributed by atoms with Crippen molar-refractivity contribution in [2.45, 2.75) is 12.1 Å². The molecule has 2 aromatic heterocycles. The van der Waals surface area contributed by atoms with Crippen LogP contribution in [0, 0.1) is 0 Å². The smallest absolute Gasteiger partial charge is 0.459 e. The van der Waals surface area contributed by atoms with Crippen molar-refractivity contribution in [3.63, 3.8) is 0 Å². The molecular formula is C10H5F5N2O2S. The predicted octanol–water partition coefficient (Wildman–Crippen LogP) is 3.20. The molecule has 0 aliphatic heterocycles. The van der Waals surface area contributed by atoms with Crippen molar-refractivity contribution in [3.8, 4) is 0 Å². The Morgan fingerprint density at radius 1 is 1.30 bits per heavy atom. The molecule has 0 aliphatic rings. The second-order valence-electron chi connectivity index (χ2n) is 3.61. The van der Waals surface area contributed by atoms with Crippen molar-refractivity contribution in [2.24, 2.45) is 0 Å². The first-order chi connectivity index (χ1) is 9.14. The minimum Gasteiger partial charge on any atom is -0.461 e. The number of ketones is 1. The number of alkyl halides is 5. The summed E-state index contributed by atoms with van der Waals surface area (Å²) < 4.78 is 68.4. The van der Waals surface area contributed by atoms with Crippen LogP contribution in [0.15, 0.2) is 22.8 Å². The molecule has 0 fully saturated rings. The summed E-state index contributed by atoms with van der Waals surface area (Å²) in [5.74, 6) is -6.80. The first-order valence-corrected chi connectivity index (χ1v) is 5.75. The van der Waals surface area contributed by atoms with Crippen LogP contribution in [0.3, 0.4) is 0 Å². The van der Waals surface area contributed by atoms with Gasteiger partial charge in [-0.25, -0.2) is 4.98 Å². The van der Waals surface area contributed by atoms with Gasteiger partial charge in [0, 0.05) is 0 Å². The number of carbonyl (C=O) groups excluding carboxylic acids is 1. The Kier molecular flexibility index (Phi) is 3.28. The molecule has 0 radical (unpaired) electrons. The Bertz CT molecular complexity index is 633. The van der Waals surface area contributed by atoms with E-state index in [1.54, 1.807) is 0 Å². The lowest BCUT2D eigenvalue weighted by atomic mass is 10.1. The molecule has 2 N–H and O–H groups in total. The Morgan fingerprint density at radius 3 is 2.45 bits per heavy atom. The highest BCUT2D eigenvalue weighted by Crippen LogP contribution is 2.46. The van der Waals surface area contributed by atoms with E-state index in [0.717, 1.165) is 12.3 Å². The van der Waals surface area contributed by atoms with Crippen molar-refractivity contribution in [1.29, 1.82) is 0 Å². The lowest BCUT2D eigenvalue weighted by Gasteiger charge is -2.18. The van der Waals surface area contributed by atoms with Crippen LogP contribution >= 0.6 is 11.3 Å². The van der Waals surface area contributed by atoms with Crippen LogP contribution < -0.4 is 5.73 Å². The molecule has 0 aromatic carbocycles. The summed E-state index contributed by atoms with van der Waals surface area (Å²) in [5, 5.41) is -0.571. The molecule has 0 atom stereocenters. The number of anilines is 1. The number of thiazole rings is 1. The molecule has 2 heterocycles. The van der Waals surface area contributed by atoms with E-state index in [4.69, 9.17) is 5.73 Å². The molecule has 108 valence electrons. The summed E-state index contributed by atoms with van der Waals surface area (Å²) in [6.45, 7) is 0. The summed E-state index contributed by atoms with van der Waals surface area (Å²) in [7, 11) is 0. The molecule has 2 aromatic rings. The third kappa shape index (κ3) is 2.26. The number of rotatable bonds is 3. The van der Waals surface area contributed by atoms with Gasteiger partial charge in [-0.05, 0) is 12.1 Å². The van der Waals surface area contributed by atoms with Gasteiger partial charge in [0.2, 0.25) is 5.78 Å². The molecule has 0 saturated carbocycles. The quantitative estimate of drug-likeness (QED) is 0.698. The van der Waals surface area contributed by atoms with Crippen LogP contribution in [0.5, 0.6) is 0 Å². The van der Waals surface area contributed by atoms with Crippen LogP contribution in [0.2, 0.25) is 0 Å². The van der Waals surface area contributed by atoms with Crippen molar-refractivity contribution < 1.29 is 31.2 Å². The number of aromatic nitrogens is 1. The number of hydrogen-bond donors (Lipinski definition) is 1. The van der Waals surface area contributed by atoms with Gasteiger partial charge in [0.15, 0.2) is 10.9 Å². The van der Waals surface area contributed by atoms with Gasteiger partial charge in [-0.2, -0.15) is 22.0 Å². The fourth-order valence-electron chi connectivity index (χ4n) is 1.36. The van der Waals surface area contributed by atoms with Crippen LogP contribution in [0.25, 0.3) is 0 Å². The lowest BCUT2D eigenvalue weighted by Crippen LogP contribution is -2.35. The van der Waals surface area contributed by atoms with Crippen LogP contribution in [0.4, 0.5) is 27.1 Å². The third-order valence-corrected chi connectivity index (χ3v) is 3.13.